The Kier molecular flexibility index (Phi) is 4.90. The molecule has 1 unspecified atom stereocenters. The Hall–Kier alpha value is -0.610. The third-order valence-corrected chi connectivity index (χ3v) is 2.71. The molecule has 14 heavy (non-hydrogen) atoms. The number of amides is 1. The van der Waals surface area contributed by atoms with Gasteiger partial charge in [-0.05, 0) is 26.4 Å². The maximum absolute atomic E-state index is 11.7. The Morgan fingerprint density at radius 3 is 3.00 bits per heavy atom. The van der Waals surface area contributed by atoms with E-state index in [1.54, 1.807) is 4.90 Å². The van der Waals surface area contributed by atoms with Crippen LogP contribution in [0.25, 0.3) is 0 Å². The molecule has 1 atom stereocenters. The van der Waals surface area contributed by atoms with Gasteiger partial charge in [-0.25, -0.2) is 0 Å². The van der Waals surface area contributed by atoms with E-state index >= 15 is 0 Å². The van der Waals surface area contributed by atoms with Gasteiger partial charge in [0, 0.05) is 32.6 Å². The van der Waals surface area contributed by atoms with Gasteiger partial charge in [0.1, 0.15) is 0 Å². The lowest BCUT2D eigenvalue weighted by atomic mass is 10.1. The van der Waals surface area contributed by atoms with Crippen LogP contribution in [0.15, 0.2) is 0 Å². The highest BCUT2D eigenvalue weighted by molar-refractivity contribution is 5.76. The highest BCUT2D eigenvalue weighted by Gasteiger charge is 2.19. The van der Waals surface area contributed by atoms with Crippen LogP contribution in [0.3, 0.4) is 0 Å². The van der Waals surface area contributed by atoms with Crippen LogP contribution in [0.5, 0.6) is 0 Å². The van der Waals surface area contributed by atoms with Gasteiger partial charge in [-0.3, -0.25) is 4.79 Å². The van der Waals surface area contributed by atoms with Crippen molar-refractivity contribution in [3.05, 3.63) is 0 Å². The van der Waals surface area contributed by atoms with E-state index in [-0.39, 0.29) is 5.91 Å². The highest BCUT2D eigenvalue weighted by Crippen LogP contribution is 2.09. The second-order valence-electron chi connectivity index (χ2n) is 3.92. The Morgan fingerprint density at radius 1 is 1.64 bits per heavy atom. The predicted molar refractivity (Wildman–Crippen MR) is 57.2 cm³/mol. The lowest BCUT2D eigenvalue weighted by Crippen LogP contribution is -2.36. The first-order chi connectivity index (χ1) is 6.74. The minimum atomic E-state index is 0.250. The molecule has 0 aromatic rings. The zero-order valence-corrected chi connectivity index (χ0v) is 9.18. The Bertz CT molecular complexity index is 178. The maximum Gasteiger partial charge on any atom is 0.223 e. The molecule has 0 bridgehead atoms. The summed E-state index contributed by atoms with van der Waals surface area (Å²) in [5, 5.41) is 6.37. The summed E-state index contributed by atoms with van der Waals surface area (Å²) in [5.41, 5.74) is 0. The van der Waals surface area contributed by atoms with Crippen LogP contribution in [0, 0.1) is 0 Å². The molecule has 4 nitrogen and oxygen atoms in total. The van der Waals surface area contributed by atoms with Crippen molar-refractivity contribution in [3.63, 3.8) is 0 Å². The van der Waals surface area contributed by atoms with Crippen molar-refractivity contribution in [1.29, 1.82) is 0 Å². The molecule has 1 heterocycles. The number of hydrogen-bond donors (Lipinski definition) is 2. The van der Waals surface area contributed by atoms with E-state index in [9.17, 15) is 4.79 Å². The molecule has 2 N–H and O–H groups in total. The first-order valence-corrected chi connectivity index (χ1v) is 5.36. The smallest absolute Gasteiger partial charge is 0.223 e. The fourth-order valence-corrected chi connectivity index (χ4v) is 1.70. The van der Waals surface area contributed by atoms with E-state index in [1.807, 2.05) is 14.1 Å². The lowest BCUT2D eigenvalue weighted by molar-refractivity contribution is -0.130. The quantitative estimate of drug-likeness (QED) is 0.645. The van der Waals surface area contributed by atoms with Crippen LogP contribution in [-0.4, -0.2) is 50.6 Å². The monoisotopic (exact) mass is 199 g/mol. The normalized spacial score (nSPS) is 21.1. The SMILES string of the molecule is CNCCN(C)C(=O)CC1CCCN1. The highest BCUT2D eigenvalue weighted by atomic mass is 16.2. The number of likely N-dealkylation sites (N-methyl/N-ethyl adjacent to an activating group) is 2. The third-order valence-electron chi connectivity index (χ3n) is 2.71. The summed E-state index contributed by atoms with van der Waals surface area (Å²) in [6.45, 7) is 2.72. The minimum absolute atomic E-state index is 0.250. The summed E-state index contributed by atoms with van der Waals surface area (Å²) < 4.78 is 0. The summed E-state index contributed by atoms with van der Waals surface area (Å²) >= 11 is 0. The summed E-state index contributed by atoms with van der Waals surface area (Å²) in [6, 6.07) is 0.416. The molecule has 4 heteroatoms. The molecule has 0 saturated carbocycles. The molecule has 1 aliphatic heterocycles. The van der Waals surface area contributed by atoms with Gasteiger partial charge in [-0.2, -0.15) is 0 Å². The molecule has 0 radical (unpaired) electrons. The molecular weight excluding hydrogens is 178 g/mol. The van der Waals surface area contributed by atoms with Crippen molar-refractivity contribution in [1.82, 2.24) is 15.5 Å². The Morgan fingerprint density at radius 2 is 2.43 bits per heavy atom. The molecule has 0 spiro atoms. The molecule has 1 saturated heterocycles. The van der Waals surface area contributed by atoms with E-state index in [2.05, 4.69) is 10.6 Å². The van der Waals surface area contributed by atoms with Crippen molar-refractivity contribution in [2.24, 2.45) is 0 Å². The maximum atomic E-state index is 11.7. The van der Waals surface area contributed by atoms with Gasteiger partial charge in [-0.1, -0.05) is 0 Å². The Balaban J connectivity index is 2.18. The van der Waals surface area contributed by atoms with Crippen molar-refractivity contribution in [3.8, 4) is 0 Å². The van der Waals surface area contributed by atoms with Crippen LogP contribution >= 0.6 is 0 Å². The molecule has 1 fully saturated rings. The van der Waals surface area contributed by atoms with E-state index < -0.39 is 0 Å². The Labute approximate surface area is 86.0 Å². The molecule has 0 aromatic carbocycles. The minimum Gasteiger partial charge on any atom is -0.344 e. The van der Waals surface area contributed by atoms with Crippen LogP contribution in [0.4, 0.5) is 0 Å². The second kappa shape index (κ2) is 5.98. The zero-order chi connectivity index (χ0) is 10.4. The fourth-order valence-electron chi connectivity index (χ4n) is 1.70. The number of rotatable bonds is 5. The first kappa shape index (κ1) is 11.5. The molecule has 82 valence electrons. The number of nitrogens with zero attached hydrogens (tertiary/aromatic N) is 1. The summed E-state index contributed by atoms with van der Waals surface area (Å²) in [4.78, 5) is 13.5. The van der Waals surface area contributed by atoms with E-state index in [0.29, 0.717) is 12.5 Å². The van der Waals surface area contributed by atoms with Crippen molar-refractivity contribution >= 4 is 5.91 Å². The van der Waals surface area contributed by atoms with Crippen LogP contribution in [0.1, 0.15) is 19.3 Å². The summed E-state index contributed by atoms with van der Waals surface area (Å²) in [6.07, 6.45) is 3.00. The molecule has 0 aliphatic carbocycles. The van der Waals surface area contributed by atoms with Crippen molar-refractivity contribution in [2.45, 2.75) is 25.3 Å². The van der Waals surface area contributed by atoms with Crippen molar-refractivity contribution < 1.29 is 4.79 Å². The molecular formula is C10H21N3O. The zero-order valence-electron chi connectivity index (χ0n) is 9.18. The second-order valence-corrected chi connectivity index (χ2v) is 3.92. The van der Waals surface area contributed by atoms with Crippen LogP contribution < -0.4 is 10.6 Å². The summed E-state index contributed by atoms with van der Waals surface area (Å²) in [7, 11) is 3.77. The standard InChI is InChI=1S/C10H21N3O/c1-11-6-7-13(2)10(14)8-9-4-3-5-12-9/h9,11-12H,3-8H2,1-2H3. The van der Waals surface area contributed by atoms with Gasteiger partial charge in [0.25, 0.3) is 0 Å². The van der Waals surface area contributed by atoms with Crippen molar-refractivity contribution in [2.75, 3.05) is 33.7 Å². The van der Waals surface area contributed by atoms with Gasteiger partial charge >= 0.3 is 0 Å². The predicted octanol–water partition coefficient (Wildman–Crippen LogP) is -0.194. The molecule has 0 aromatic heterocycles. The molecule has 1 amide bonds. The summed E-state index contributed by atoms with van der Waals surface area (Å²) in [5.74, 6) is 0.250. The van der Waals surface area contributed by atoms with Gasteiger partial charge < -0.3 is 15.5 Å². The van der Waals surface area contributed by atoms with Gasteiger partial charge in [0.05, 0.1) is 0 Å². The fraction of sp³-hybridized carbons (Fsp3) is 0.900. The lowest BCUT2D eigenvalue weighted by Gasteiger charge is -2.19. The van der Waals surface area contributed by atoms with E-state index in [4.69, 9.17) is 0 Å². The molecule has 1 rings (SSSR count). The topological polar surface area (TPSA) is 44.4 Å². The number of hydrogen-bond acceptors (Lipinski definition) is 3. The number of carbonyl (C=O) groups excluding carboxylic acids is 1. The molecule has 1 aliphatic rings. The third kappa shape index (κ3) is 3.64. The number of carbonyl (C=O) groups is 1. The largest absolute Gasteiger partial charge is 0.344 e. The van der Waals surface area contributed by atoms with E-state index in [0.717, 1.165) is 26.1 Å². The van der Waals surface area contributed by atoms with Crippen LogP contribution in [0.2, 0.25) is 0 Å². The average molecular weight is 199 g/mol. The van der Waals surface area contributed by atoms with Crippen LogP contribution in [-0.2, 0) is 4.79 Å². The van der Waals surface area contributed by atoms with Gasteiger partial charge in [0.15, 0.2) is 0 Å². The van der Waals surface area contributed by atoms with Gasteiger partial charge in [-0.15, -0.1) is 0 Å². The van der Waals surface area contributed by atoms with Gasteiger partial charge in [0.2, 0.25) is 5.91 Å². The average Bonchev–Trinajstić information content (AvgIpc) is 2.66. The number of nitrogens with one attached hydrogen (secondary N) is 2. The first-order valence-electron chi connectivity index (χ1n) is 5.36. The van der Waals surface area contributed by atoms with E-state index in [1.165, 1.54) is 6.42 Å².